The van der Waals surface area contributed by atoms with Gasteiger partial charge in [0, 0.05) is 6.42 Å². The fraction of sp³-hybridized carbons (Fsp3) is 0.133. The smallest absolute Gasteiger partial charge is 0.354 e. The molecule has 1 aromatic carbocycles. The van der Waals surface area contributed by atoms with Crippen molar-refractivity contribution in [3.8, 4) is 0 Å². The second-order valence-electron chi connectivity index (χ2n) is 4.39. The minimum absolute atomic E-state index is 0.133. The number of aromatic carboxylic acids is 1. The molecule has 6 heteroatoms. The van der Waals surface area contributed by atoms with E-state index in [1.54, 1.807) is 12.1 Å². The Kier molecular flexibility index (Phi) is 4.61. The number of aromatic nitrogens is 1. The zero-order valence-electron chi connectivity index (χ0n) is 11.0. The lowest BCUT2D eigenvalue weighted by Gasteiger charge is -2.05. The van der Waals surface area contributed by atoms with Crippen LogP contribution in [0.2, 0.25) is 0 Å². The molecule has 2 aromatic rings. The average molecular weight is 288 g/mol. The highest BCUT2D eigenvalue weighted by molar-refractivity contribution is 5.91. The van der Waals surface area contributed by atoms with Crippen LogP contribution in [0, 0.1) is 5.82 Å². The second kappa shape index (κ2) is 6.60. The van der Waals surface area contributed by atoms with E-state index in [1.165, 1.54) is 30.3 Å². The van der Waals surface area contributed by atoms with Crippen molar-refractivity contribution in [2.45, 2.75) is 12.8 Å². The first kappa shape index (κ1) is 14.6. The van der Waals surface area contributed by atoms with Gasteiger partial charge in [-0.25, -0.2) is 14.2 Å². The first-order chi connectivity index (χ1) is 10.0. The Morgan fingerprint density at radius 1 is 1.14 bits per heavy atom. The molecule has 0 spiro atoms. The number of nitrogens with one attached hydrogen (secondary N) is 1. The molecule has 0 saturated carbocycles. The number of aryl methyl sites for hydroxylation is 1. The Morgan fingerprint density at radius 2 is 1.86 bits per heavy atom. The number of carbonyl (C=O) groups is 2. The highest BCUT2D eigenvalue weighted by Gasteiger charge is 2.08. The molecular weight excluding hydrogens is 275 g/mol. The highest BCUT2D eigenvalue weighted by Crippen LogP contribution is 2.08. The van der Waals surface area contributed by atoms with Crippen LogP contribution < -0.4 is 5.32 Å². The molecule has 1 heterocycles. The van der Waals surface area contributed by atoms with E-state index >= 15 is 0 Å². The molecule has 0 atom stereocenters. The molecule has 108 valence electrons. The zero-order valence-corrected chi connectivity index (χ0v) is 11.0. The number of carboxylic acids is 1. The summed E-state index contributed by atoms with van der Waals surface area (Å²) in [5.74, 6) is -1.57. The van der Waals surface area contributed by atoms with Gasteiger partial charge in [-0.2, -0.15) is 0 Å². The summed E-state index contributed by atoms with van der Waals surface area (Å²) in [4.78, 5) is 26.3. The van der Waals surface area contributed by atoms with Crippen LogP contribution in [-0.4, -0.2) is 22.0 Å². The average Bonchev–Trinajstić information content (AvgIpc) is 2.47. The lowest BCUT2D eigenvalue weighted by molar-refractivity contribution is -0.116. The number of nitrogens with zero attached hydrogens (tertiary/aromatic N) is 1. The Morgan fingerprint density at radius 3 is 2.52 bits per heavy atom. The first-order valence-electron chi connectivity index (χ1n) is 6.29. The number of amides is 1. The topological polar surface area (TPSA) is 79.3 Å². The molecule has 21 heavy (non-hydrogen) atoms. The van der Waals surface area contributed by atoms with Crippen molar-refractivity contribution in [1.29, 1.82) is 0 Å². The number of carbonyl (C=O) groups excluding carboxylic acids is 1. The number of hydrogen-bond donors (Lipinski definition) is 2. The Hall–Kier alpha value is -2.76. The van der Waals surface area contributed by atoms with Gasteiger partial charge in [0.25, 0.3) is 0 Å². The van der Waals surface area contributed by atoms with Gasteiger partial charge in [-0.15, -0.1) is 0 Å². The summed E-state index contributed by atoms with van der Waals surface area (Å²) >= 11 is 0. The van der Waals surface area contributed by atoms with Crippen molar-refractivity contribution >= 4 is 17.7 Å². The number of rotatable bonds is 5. The summed E-state index contributed by atoms with van der Waals surface area (Å²) in [5.41, 5.74) is 0.713. The summed E-state index contributed by atoms with van der Waals surface area (Å²) in [6.07, 6.45) is 0.662. The molecule has 0 radical (unpaired) electrons. The Bertz CT molecular complexity index is 656. The monoisotopic (exact) mass is 288 g/mol. The van der Waals surface area contributed by atoms with Crippen molar-refractivity contribution in [2.75, 3.05) is 5.32 Å². The van der Waals surface area contributed by atoms with Gasteiger partial charge in [0.15, 0.2) is 5.69 Å². The SMILES string of the molecule is O=C(CCc1ccc(F)cc1)Nc1cccc(C(=O)O)n1. The third-order valence-corrected chi connectivity index (χ3v) is 2.79. The zero-order chi connectivity index (χ0) is 15.2. The van der Waals surface area contributed by atoms with Gasteiger partial charge in [0.05, 0.1) is 0 Å². The number of pyridine rings is 1. The predicted molar refractivity (Wildman–Crippen MR) is 74.5 cm³/mol. The Balaban J connectivity index is 1.91. The van der Waals surface area contributed by atoms with E-state index in [0.29, 0.717) is 6.42 Å². The molecule has 0 unspecified atom stereocenters. The van der Waals surface area contributed by atoms with Gasteiger partial charge < -0.3 is 10.4 Å². The molecule has 0 fully saturated rings. The third-order valence-electron chi connectivity index (χ3n) is 2.79. The van der Waals surface area contributed by atoms with E-state index in [4.69, 9.17) is 5.11 Å². The molecule has 5 nitrogen and oxygen atoms in total. The molecule has 0 aliphatic heterocycles. The van der Waals surface area contributed by atoms with Crippen LogP contribution in [0.4, 0.5) is 10.2 Å². The van der Waals surface area contributed by atoms with E-state index in [-0.39, 0.29) is 29.7 Å². The quantitative estimate of drug-likeness (QED) is 0.886. The minimum atomic E-state index is -1.16. The molecule has 0 bridgehead atoms. The molecular formula is C15H13FN2O3. The van der Waals surface area contributed by atoms with Gasteiger partial charge in [0.2, 0.25) is 5.91 Å². The maximum absolute atomic E-state index is 12.7. The van der Waals surface area contributed by atoms with Crippen molar-refractivity contribution in [2.24, 2.45) is 0 Å². The van der Waals surface area contributed by atoms with Crippen molar-refractivity contribution in [3.63, 3.8) is 0 Å². The van der Waals surface area contributed by atoms with Gasteiger partial charge >= 0.3 is 5.97 Å². The highest BCUT2D eigenvalue weighted by atomic mass is 19.1. The molecule has 0 aliphatic rings. The maximum Gasteiger partial charge on any atom is 0.354 e. The van der Waals surface area contributed by atoms with Crippen molar-refractivity contribution < 1.29 is 19.1 Å². The van der Waals surface area contributed by atoms with Gasteiger partial charge in [-0.05, 0) is 36.2 Å². The van der Waals surface area contributed by atoms with Gasteiger partial charge in [0.1, 0.15) is 11.6 Å². The number of carboxylic acid groups (broad SMARTS) is 1. The van der Waals surface area contributed by atoms with Crippen LogP contribution in [0.5, 0.6) is 0 Å². The Labute approximate surface area is 120 Å². The van der Waals surface area contributed by atoms with E-state index in [0.717, 1.165) is 5.56 Å². The fourth-order valence-corrected chi connectivity index (χ4v) is 1.74. The van der Waals surface area contributed by atoms with Gasteiger partial charge in [-0.3, -0.25) is 4.79 Å². The van der Waals surface area contributed by atoms with E-state index in [9.17, 15) is 14.0 Å². The summed E-state index contributed by atoms with van der Waals surface area (Å²) in [5, 5.41) is 11.3. The van der Waals surface area contributed by atoms with Crippen LogP contribution in [0.1, 0.15) is 22.5 Å². The van der Waals surface area contributed by atoms with Gasteiger partial charge in [-0.1, -0.05) is 18.2 Å². The third kappa shape index (κ3) is 4.38. The number of anilines is 1. The molecule has 2 N–H and O–H groups in total. The van der Waals surface area contributed by atoms with Crippen LogP contribution in [0.25, 0.3) is 0 Å². The van der Waals surface area contributed by atoms with E-state index < -0.39 is 5.97 Å². The van der Waals surface area contributed by atoms with Crippen molar-refractivity contribution in [3.05, 3.63) is 59.5 Å². The number of hydrogen-bond acceptors (Lipinski definition) is 3. The van der Waals surface area contributed by atoms with Crippen LogP contribution in [0.3, 0.4) is 0 Å². The maximum atomic E-state index is 12.7. The summed E-state index contributed by atoms with van der Waals surface area (Å²) in [6, 6.07) is 10.3. The van der Waals surface area contributed by atoms with E-state index in [1.807, 2.05) is 0 Å². The van der Waals surface area contributed by atoms with Crippen LogP contribution in [0.15, 0.2) is 42.5 Å². The summed E-state index contributed by atoms with van der Waals surface area (Å²) in [6.45, 7) is 0. The second-order valence-corrected chi connectivity index (χ2v) is 4.39. The largest absolute Gasteiger partial charge is 0.477 e. The van der Waals surface area contributed by atoms with E-state index in [2.05, 4.69) is 10.3 Å². The normalized spacial score (nSPS) is 10.1. The van der Waals surface area contributed by atoms with Crippen LogP contribution in [-0.2, 0) is 11.2 Å². The summed E-state index contributed by atoms with van der Waals surface area (Å²) < 4.78 is 12.7. The molecule has 1 aromatic heterocycles. The lowest BCUT2D eigenvalue weighted by atomic mass is 10.1. The first-order valence-corrected chi connectivity index (χ1v) is 6.29. The molecule has 2 rings (SSSR count). The van der Waals surface area contributed by atoms with Crippen molar-refractivity contribution in [1.82, 2.24) is 4.98 Å². The van der Waals surface area contributed by atoms with Crippen LogP contribution >= 0.6 is 0 Å². The number of benzene rings is 1. The molecule has 0 saturated heterocycles. The standard InChI is InChI=1S/C15H13FN2O3/c16-11-7-4-10(5-8-11)6-9-14(19)18-13-3-1-2-12(17-13)15(20)21/h1-5,7-8H,6,9H2,(H,20,21)(H,17,18,19). The molecule has 1 amide bonds. The minimum Gasteiger partial charge on any atom is -0.477 e. The molecule has 0 aliphatic carbocycles. The predicted octanol–water partition coefficient (Wildman–Crippen LogP) is 2.49. The fourth-order valence-electron chi connectivity index (χ4n) is 1.74. The summed E-state index contributed by atoms with van der Waals surface area (Å²) in [7, 11) is 0. The number of halogens is 1. The lowest BCUT2D eigenvalue weighted by Crippen LogP contribution is -2.14.